The van der Waals surface area contributed by atoms with Crippen LogP contribution in [0.3, 0.4) is 0 Å². The van der Waals surface area contributed by atoms with Gasteiger partial charge in [0.25, 0.3) is 0 Å². The van der Waals surface area contributed by atoms with Gasteiger partial charge < -0.3 is 25.2 Å². The van der Waals surface area contributed by atoms with E-state index < -0.39 is 37.1 Å². The molecule has 0 aliphatic carbocycles. The summed E-state index contributed by atoms with van der Waals surface area (Å²) in [6.45, 7) is -0.511. The average molecular weight is 189 g/mol. The first-order valence-electron chi connectivity index (χ1n) is 3.82. The topological polar surface area (TPSA) is 114 Å². The molecular weight excluding hydrogens is 178 g/mol. The predicted octanol–water partition coefficient (Wildman–Crippen LogP) is -2.65. The van der Waals surface area contributed by atoms with Gasteiger partial charge in [-0.3, -0.25) is 0 Å². The smallest absolute Gasteiger partial charge is 0.172 e. The SMILES string of the molecule is N#C[C@@H]1O[C@H](CO)[C@H](O)[C@H](O)[C@H]1O. The van der Waals surface area contributed by atoms with E-state index in [-0.39, 0.29) is 0 Å². The van der Waals surface area contributed by atoms with E-state index in [2.05, 4.69) is 0 Å². The molecule has 1 aliphatic rings. The number of rotatable bonds is 1. The standard InChI is InChI=1S/C7H11NO5/c8-1-3-5(10)7(12)6(11)4(2-9)13-3/h3-7,9-12H,2H2/t3-,4+,5-,6-,7+/m0/s1. The van der Waals surface area contributed by atoms with Crippen molar-refractivity contribution >= 4 is 0 Å². The number of aliphatic hydroxyl groups is 4. The van der Waals surface area contributed by atoms with Crippen LogP contribution in [-0.2, 0) is 4.74 Å². The summed E-state index contributed by atoms with van der Waals surface area (Å²) >= 11 is 0. The molecule has 6 nitrogen and oxygen atoms in total. The molecule has 0 aromatic carbocycles. The second-order valence-corrected chi connectivity index (χ2v) is 2.88. The van der Waals surface area contributed by atoms with Gasteiger partial charge in [0.1, 0.15) is 24.4 Å². The highest BCUT2D eigenvalue weighted by Gasteiger charge is 2.43. The fraction of sp³-hybridized carbons (Fsp3) is 0.857. The molecule has 0 spiro atoms. The minimum Gasteiger partial charge on any atom is -0.394 e. The zero-order chi connectivity index (χ0) is 10.0. The molecule has 13 heavy (non-hydrogen) atoms. The Labute approximate surface area is 74.6 Å². The van der Waals surface area contributed by atoms with Gasteiger partial charge in [0, 0.05) is 0 Å². The van der Waals surface area contributed by atoms with Crippen LogP contribution in [0.5, 0.6) is 0 Å². The maximum atomic E-state index is 9.22. The van der Waals surface area contributed by atoms with Crippen molar-refractivity contribution in [1.29, 1.82) is 5.26 Å². The molecule has 6 heteroatoms. The summed E-state index contributed by atoms with van der Waals surface area (Å²) in [5.41, 5.74) is 0. The number of hydrogen-bond donors (Lipinski definition) is 4. The maximum absolute atomic E-state index is 9.22. The third kappa shape index (κ3) is 1.80. The first-order chi connectivity index (χ1) is 6.11. The molecule has 1 heterocycles. The Morgan fingerprint density at radius 2 is 1.77 bits per heavy atom. The Hall–Kier alpha value is -0.710. The molecule has 0 amide bonds. The van der Waals surface area contributed by atoms with Gasteiger partial charge in [0.2, 0.25) is 0 Å². The molecule has 0 radical (unpaired) electrons. The molecule has 4 N–H and O–H groups in total. The van der Waals surface area contributed by atoms with E-state index in [1.54, 1.807) is 6.07 Å². The van der Waals surface area contributed by atoms with Crippen LogP contribution in [0.1, 0.15) is 0 Å². The lowest BCUT2D eigenvalue weighted by molar-refractivity contribution is -0.214. The minimum absolute atomic E-state index is 0.511. The summed E-state index contributed by atoms with van der Waals surface area (Å²) in [6, 6.07) is 1.61. The molecule has 1 rings (SSSR count). The van der Waals surface area contributed by atoms with Gasteiger partial charge >= 0.3 is 0 Å². The van der Waals surface area contributed by atoms with Gasteiger partial charge in [-0.05, 0) is 0 Å². The van der Waals surface area contributed by atoms with Crippen LogP contribution in [-0.4, -0.2) is 57.6 Å². The highest BCUT2D eigenvalue weighted by Crippen LogP contribution is 2.20. The zero-order valence-corrected chi connectivity index (χ0v) is 6.74. The van der Waals surface area contributed by atoms with Crippen molar-refractivity contribution in [3.63, 3.8) is 0 Å². The lowest BCUT2D eigenvalue weighted by Gasteiger charge is -2.37. The first kappa shape index (κ1) is 10.4. The van der Waals surface area contributed by atoms with Crippen molar-refractivity contribution < 1.29 is 25.2 Å². The Morgan fingerprint density at radius 3 is 2.23 bits per heavy atom. The molecule has 5 atom stereocenters. The van der Waals surface area contributed by atoms with E-state index in [1.165, 1.54) is 0 Å². The zero-order valence-electron chi connectivity index (χ0n) is 6.74. The van der Waals surface area contributed by atoms with Crippen LogP contribution in [0.15, 0.2) is 0 Å². The molecule has 0 saturated carbocycles. The van der Waals surface area contributed by atoms with Gasteiger partial charge in [-0.15, -0.1) is 0 Å². The minimum atomic E-state index is -1.46. The molecule has 0 bridgehead atoms. The first-order valence-corrected chi connectivity index (χ1v) is 3.82. The van der Waals surface area contributed by atoms with Crippen LogP contribution in [0, 0.1) is 11.3 Å². The summed E-state index contributed by atoms with van der Waals surface area (Å²) in [7, 11) is 0. The normalized spacial score (nSPS) is 45.6. The van der Waals surface area contributed by atoms with Gasteiger partial charge in [0.05, 0.1) is 12.7 Å². The Kier molecular flexibility index (Phi) is 3.19. The van der Waals surface area contributed by atoms with Crippen molar-refractivity contribution in [2.24, 2.45) is 0 Å². The summed E-state index contributed by atoms with van der Waals surface area (Å²) in [4.78, 5) is 0. The number of nitriles is 1. The molecule has 74 valence electrons. The fourth-order valence-corrected chi connectivity index (χ4v) is 1.21. The third-order valence-corrected chi connectivity index (χ3v) is 2.02. The van der Waals surface area contributed by atoms with E-state index >= 15 is 0 Å². The lowest BCUT2D eigenvalue weighted by atomic mass is 9.96. The number of nitrogens with zero attached hydrogens (tertiary/aromatic N) is 1. The summed E-state index contributed by atoms with van der Waals surface area (Å²) in [5.74, 6) is 0. The summed E-state index contributed by atoms with van der Waals surface area (Å²) in [5, 5.41) is 44.8. The molecular formula is C7H11NO5. The van der Waals surface area contributed by atoms with Gasteiger partial charge in [0.15, 0.2) is 6.10 Å². The van der Waals surface area contributed by atoms with Crippen LogP contribution in [0.2, 0.25) is 0 Å². The van der Waals surface area contributed by atoms with Crippen molar-refractivity contribution in [2.45, 2.75) is 30.5 Å². The summed E-state index contributed by atoms with van der Waals surface area (Å²) in [6.07, 6.45) is -6.51. The van der Waals surface area contributed by atoms with Crippen LogP contribution < -0.4 is 0 Å². The van der Waals surface area contributed by atoms with E-state index in [1.807, 2.05) is 0 Å². The van der Waals surface area contributed by atoms with Crippen molar-refractivity contribution in [3.05, 3.63) is 0 Å². The van der Waals surface area contributed by atoms with Crippen molar-refractivity contribution in [1.82, 2.24) is 0 Å². The highest BCUT2D eigenvalue weighted by atomic mass is 16.5. The van der Waals surface area contributed by atoms with Crippen LogP contribution >= 0.6 is 0 Å². The number of aliphatic hydroxyl groups excluding tert-OH is 4. The van der Waals surface area contributed by atoms with E-state index in [0.717, 1.165) is 0 Å². The van der Waals surface area contributed by atoms with E-state index in [0.29, 0.717) is 0 Å². The Bertz CT molecular complexity index is 213. The Balaban J connectivity index is 2.73. The highest BCUT2D eigenvalue weighted by molar-refractivity contribution is 5.01. The fourth-order valence-electron chi connectivity index (χ4n) is 1.21. The second-order valence-electron chi connectivity index (χ2n) is 2.88. The monoisotopic (exact) mass is 189 g/mol. The van der Waals surface area contributed by atoms with Gasteiger partial charge in [-0.2, -0.15) is 5.26 Å². The van der Waals surface area contributed by atoms with Crippen LogP contribution in [0.25, 0.3) is 0 Å². The average Bonchev–Trinajstić information content (AvgIpc) is 2.15. The van der Waals surface area contributed by atoms with Gasteiger partial charge in [-0.1, -0.05) is 0 Å². The molecule has 1 aliphatic heterocycles. The Morgan fingerprint density at radius 1 is 1.15 bits per heavy atom. The quantitative estimate of drug-likeness (QED) is 0.358. The predicted molar refractivity (Wildman–Crippen MR) is 39.4 cm³/mol. The largest absolute Gasteiger partial charge is 0.394 e. The summed E-state index contributed by atoms with van der Waals surface area (Å²) < 4.78 is 4.81. The third-order valence-electron chi connectivity index (χ3n) is 2.02. The molecule has 0 unspecified atom stereocenters. The maximum Gasteiger partial charge on any atom is 0.172 e. The van der Waals surface area contributed by atoms with Crippen LogP contribution in [0.4, 0.5) is 0 Å². The molecule has 0 aromatic heterocycles. The number of ether oxygens (including phenoxy) is 1. The molecule has 0 aromatic rings. The van der Waals surface area contributed by atoms with E-state index in [9.17, 15) is 15.3 Å². The van der Waals surface area contributed by atoms with Crippen molar-refractivity contribution in [3.8, 4) is 6.07 Å². The molecule has 1 fully saturated rings. The molecule has 1 saturated heterocycles. The van der Waals surface area contributed by atoms with Crippen molar-refractivity contribution in [2.75, 3.05) is 6.61 Å². The number of hydrogen-bond acceptors (Lipinski definition) is 6. The van der Waals surface area contributed by atoms with Gasteiger partial charge in [-0.25, -0.2) is 0 Å². The second kappa shape index (κ2) is 4.00. The van der Waals surface area contributed by atoms with E-state index in [4.69, 9.17) is 15.1 Å². The lowest BCUT2D eigenvalue weighted by Crippen LogP contribution is -2.58.